The highest BCUT2D eigenvalue weighted by atomic mass is 16.4. The molecule has 0 unspecified atom stereocenters. The van der Waals surface area contributed by atoms with E-state index in [-0.39, 0.29) is 11.5 Å². The summed E-state index contributed by atoms with van der Waals surface area (Å²) in [5, 5.41) is 13.4. The molecule has 9 nitrogen and oxygen atoms in total. The second kappa shape index (κ2) is 10.1. The first kappa shape index (κ1) is 24.0. The standard InChI is InChI=1S/C27H31N5O4/c1-17-21-13-14-23(33)32(24(21)30-27(29-17)31-15-5-8-22(31)26(35)36)20-11-9-19(10-12-20)25(34)28-16-18-6-3-2-4-7-18/h9-14,18,22H,2-8,15-16H2,1H3,(H,28,34)(H,35,36)/t22-/m0/s1. The maximum atomic E-state index is 13.0. The van der Waals surface area contributed by atoms with Gasteiger partial charge in [0.25, 0.3) is 11.5 Å². The molecule has 1 aliphatic carbocycles. The van der Waals surface area contributed by atoms with E-state index in [1.54, 1.807) is 35.2 Å². The number of carbonyl (C=O) groups excluding carboxylic acids is 1. The lowest BCUT2D eigenvalue weighted by molar-refractivity contribution is -0.138. The van der Waals surface area contributed by atoms with Crippen molar-refractivity contribution < 1.29 is 14.7 Å². The van der Waals surface area contributed by atoms with E-state index in [4.69, 9.17) is 0 Å². The SMILES string of the molecule is Cc1nc(N2CCC[C@H]2C(=O)O)nc2c1ccc(=O)n2-c1ccc(C(=O)NCC2CCCCC2)cc1. The summed E-state index contributed by atoms with van der Waals surface area (Å²) in [5.41, 5.74) is 1.93. The van der Waals surface area contributed by atoms with Crippen LogP contribution in [-0.4, -0.2) is 50.6 Å². The summed E-state index contributed by atoms with van der Waals surface area (Å²) in [7, 11) is 0. The van der Waals surface area contributed by atoms with Crippen molar-refractivity contribution in [3.05, 3.63) is 58.0 Å². The summed E-state index contributed by atoms with van der Waals surface area (Å²) < 4.78 is 1.49. The lowest BCUT2D eigenvalue weighted by atomic mass is 9.89. The second-order valence-corrected chi connectivity index (χ2v) is 9.80. The average Bonchev–Trinajstić information content (AvgIpc) is 3.38. The Morgan fingerprint density at radius 1 is 1.00 bits per heavy atom. The number of hydrogen-bond acceptors (Lipinski definition) is 6. The van der Waals surface area contributed by atoms with E-state index in [2.05, 4.69) is 15.3 Å². The largest absolute Gasteiger partial charge is 0.480 e. The number of nitrogens with one attached hydrogen (secondary N) is 1. The van der Waals surface area contributed by atoms with Crippen LogP contribution in [0, 0.1) is 12.8 Å². The fraction of sp³-hybridized carbons (Fsp3) is 0.444. The summed E-state index contributed by atoms with van der Waals surface area (Å²) in [6.07, 6.45) is 7.34. The Bertz CT molecular complexity index is 1340. The number of carbonyl (C=O) groups is 2. The summed E-state index contributed by atoms with van der Waals surface area (Å²) in [6.45, 7) is 3.06. The minimum absolute atomic E-state index is 0.119. The Kier molecular flexibility index (Phi) is 6.71. The minimum atomic E-state index is -0.906. The number of carboxylic acid groups (broad SMARTS) is 1. The Morgan fingerprint density at radius 3 is 2.47 bits per heavy atom. The predicted octanol–water partition coefficient (Wildman–Crippen LogP) is 3.45. The third-order valence-corrected chi connectivity index (χ3v) is 7.39. The van der Waals surface area contributed by atoms with Gasteiger partial charge in [-0.3, -0.25) is 14.2 Å². The number of amides is 1. The molecular formula is C27H31N5O4. The third-order valence-electron chi connectivity index (χ3n) is 7.39. The van der Waals surface area contributed by atoms with Crippen LogP contribution in [-0.2, 0) is 4.79 Å². The maximum Gasteiger partial charge on any atom is 0.326 e. The Labute approximate surface area is 209 Å². The van der Waals surface area contributed by atoms with E-state index in [1.165, 1.54) is 29.9 Å². The Balaban J connectivity index is 1.45. The number of aromatic nitrogens is 3. The number of nitrogens with zero attached hydrogens (tertiary/aromatic N) is 4. The zero-order chi connectivity index (χ0) is 25.2. The first-order valence-corrected chi connectivity index (χ1v) is 12.7. The number of hydrogen-bond donors (Lipinski definition) is 2. The fourth-order valence-electron chi connectivity index (χ4n) is 5.38. The quantitative estimate of drug-likeness (QED) is 0.545. The molecule has 2 aliphatic rings. The molecule has 1 aromatic carbocycles. The van der Waals surface area contributed by atoms with Gasteiger partial charge in [-0.2, -0.15) is 4.98 Å². The summed E-state index contributed by atoms with van der Waals surface area (Å²) in [5.74, 6) is -0.170. The van der Waals surface area contributed by atoms with E-state index < -0.39 is 12.0 Å². The number of benzene rings is 1. The highest BCUT2D eigenvalue weighted by Crippen LogP contribution is 2.26. The van der Waals surface area contributed by atoms with Crippen LogP contribution in [0.15, 0.2) is 41.2 Å². The van der Waals surface area contributed by atoms with E-state index >= 15 is 0 Å². The van der Waals surface area contributed by atoms with Gasteiger partial charge < -0.3 is 15.3 Å². The molecule has 2 N–H and O–H groups in total. The number of aliphatic carboxylic acids is 1. The summed E-state index contributed by atoms with van der Waals surface area (Å²) in [4.78, 5) is 48.3. The van der Waals surface area contributed by atoms with Crippen molar-refractivity contribution in [3.63, 3.8) is 0 Å². The van der Waals surface area contributed by atoms with Crippen LogP contribution in [0.5, 0.6) is 0 Å². The van der Waals surface area contributed by atoms with E-state index in [1.807, 2.05) is 6.92 Å². The Morgan fingerprint density at radius 2 is 1.75 bits per heavy atom. The molecule has 2 aromatic heterocycles. The zero-order valence-corrected chi connectivity index (χ0v) is 20.4. The van der Waals surface area contributed by atoms with Gasteiger partial charge in [-0.1, -0.05) is 19.3 Å². The van der Waals surface area contributed by atoms with Crippen molar-refractivity contribution in [2.24, 2.45) is 5.92 Å². The molecule has 0 bridgehead atoms. The van der Waals surface area contributed by atoms with Gasteiger partial charge in [0.1, 0.15) is 6.04 Å². The second-order valence-electron chi connectivity index (χ2n) is 9.80. The van der Waals surface area contributed by atoms with Crippen molar-refractivity contribution in [2.75, 3.05) is 18.0 Å². The molecule has 1 atom stereocenters. The highest BCUT2D eigenvalue weighted by molar-refractivity contribution is 5.94. The van der Waals surface area contributed by atoms with E-state index in [0.717, 1.165) is 19.3 Å². The van der Waals surface area contributed by atoms with Gasteiger partial charge in [-0.05, 0) is 68.9 Å². The van der Waals surface area contributed by atoms with Gasteiger partial charge >= 0.3 is 5.97 Å². The van der Waals surface area contributed by atoms with E-state index in [0.29, 0.717) is 59.4 Å². The summed E-state index contributed by atoms with van der Waals surface area (Å²) in [6, 6.07) is 9.39. The smallest absolute Gasteiger partial charge is 0.326 e. The number of anilines is 1. The molecule has 1 saturated heterocycles. The number of fused-ring (bicyclic) bond motifs is 1. The molecule has 1 saturated carbocycles. The van der Waals surface area contributed by atoms with Crippen LogP contribution in [0.3, 0.4) is 0 Å². The van der Waals surface area contributed by atoms with Gasteiger partial charge in [0.05, 0.1) is 11.4 Å². The normalized spacial score (nSPS) is 18.5. The molecule has 1 amide bonds. The van der Waals surface area contributed by atoms with E-state index in [9.17, 15) is 19.5 Å². The van der Waals surface area contributed by atoms with Crippen molar-refractivity contribution in [3.8, 4) is 5.69 Å². The van der Waals surface area contributed by atoms with Crippen LogP contribution in [0.25, 0.3) is 16.7 Å². The minimum Gasteiger partial charge on any atom is -0.480 e. The third kappa shape index (κ3) is 4.69. The molecule has 0 radical (unpaired) electrons. The van der Waals surface area contributed by atoms with Crippen molar-refractivity contribution in [1.29, 1.82) is 0 Å². The van der Waals surface area contributed by atoms with Crippen molar-refractivity contribution in [2.45, 2.75) is 57.9 Å². The summed E-state index contributed by atoms with van der Waals surface area (Å²) >= 11 is 0. The molecule has 1 aliphatic heterocycles. The fourth-order valence-corrected chi connectivity index (χ4v) is 5.38. The molecular weight excluding hydrogens is 458 g/mol. The number of rotatable bonds is 6. The topological polar surface area (TPSA) is 117 Å². The lowest BCUT2D eigenvalue weighted by Crippen LogP contribution is -2.37. The van der Waals surface area contributed by atoms with Crippen LogP contribution >= 0.6 is 0 Å². The highest BCUT2D eigenvalue weighted by Gasteiger charge is 2.33. The zero-order valence-electron chi connectivity index (χ0n) is 20.4. The molecule has 0 spiro atoms. The molecule has 9 heteroatoms. The molecule has 36 heavy (non-hydrogen) atoms. The van der Waals surface area contributed by atoms with Crippen LogP contribution in [0.2, 0.25) is 0 Å². The van der Waals surface area contributed by atoms with Crippen molar-refractivity contribution >= 4 is 28.9 Å². The van der Waals surface area contributed by atoms with Gasteiger partial charge in [0.15, 0.2) is 5.65 Å². The monoisotopic (exact) mass is 489 g/mol. The van der Waals surface area contributed by atoms with Crippen molar-refractivity contribution in [1.82, 2.24) is 19.9 Å². The average molecular weight is 490 g/mol. The number of aryl methyl sites for hydroxylation is 1. The molecule has 188 valence electrons. The molecule has 3 heterocycles. The van der Waals surface area contributed by atoms with Crippen LogP contribution in [0.1, 0.15) is 61.0 Å². The van der Waals surface area contributed by atoms with Crippen LogP contribution < -0.4 is 15.8 Å². The Hall–Kier alpha value is -3.75. The number of carboxylic acids is 1. The predicted molar refractivity (Wildman–Crippen MR) is 137 cm³/mol. The molecule has 2 fully saturated rings. The first-order valence-electron chi connectivity index (χ1n) is 12.7. The molecule has 5 rings (SSSR count). The first-order chi connectivity index (χ1) is 17.4. The molecule has 3 aromatic rings. The van der Waals surface area contributed by atoms with Gasteiger partial charge in [-0.25, -0.2) is 9.78 Å². The lowest BCUT2D eigenvalue weighted by Gasteiger charge is -2.22. The number of pyridine rings is 1. The van der Waals surface area contributed by atoms with Gasteiger partial charge in [0.2, 0.25) is 5.95 Å². The van der Waals surface area contributed by atoms with Crippen LogP contribution in [0.4, 0.5) is 5.95 Å². The maximum absolute atomic E-state index is 13.0. The van der Waals surface area contributed by atoms with Gasteiger partial charge in [0, 0.05) is 30.1 Å². The van der Waals surface area contributed by atoms with Gasteiger partial charge in [-0.15, -0.1) is 0 Å².